The van der Waals surface area contributed by atoms with Crippen LogP contribution in [0.15, 0.2) is 47.5 Å². The van der Waals surface area contributed by atoms with Crippen LogP contribution in [0.4, 0.5) is 0 Å². The van der Waals surface area contributed by atoms with E-state index in [1.807, 2.05) is 18.8 Å². The highest BCUT2D eigenvalue weighted by Crippen LogP contribution is 2.20. The molecule has 0 spiro atoms. The smallest absolute Gasteiger partial charge is 0.191 e. The van der Waals surface area contributed by atoms with Crippen molar-refractivity contribution in [3.63, 3.8) is 0 Å². The van der Waals surface area contributed by atoms with E-state index in [0.29, 0.717) is 0 Å². The summed E-state index contributed by atoms with van der Waals surface area (Å²) in [5.41, 5.74) is 1.28. The average molecular weight is 315 g/mol. The molecule has 0 aromatic heterocycles. The summed E-state index contributed by atoms with van der Waals surface area (Å²) in [4.78, 5) is 4.31. The lowest BCUT2D eigenvalue weighted by Gasteiger charge is -2.23. The van der Waals surface area contributed by atoms with Gasteiger partial charge in [-0.25, -0.2) is 0 Å². The molecule has 2 rings (SSSR count). The fraction of sp³-hybridized carbons (Fsp3) is 0.389. The van der Waals surface area contributed by atoms with Gasteiger partial charge in [0.05, 0.1) is 0 Å². The lowest BCUT2D eigenvalue weighted by atomic mass is 10.0. The standard InChI is InChI=1S/C18H25N3S/c1-18(2,22-4)13-21-17(19-3)20-12-15-10-7-9-14-8-5-6-11-16(14)15/h5-11H,12-13H2,1-4H3,(H2,19,20,21). The van der Waals surface area contributed by atoms with Gasteiger partial charge in [-0.15, -0.1) is 0 Å². The van der Waals surface area contributed by atoms with Gasteiger partial charge < -0.3 is 10.6 Å². The second-order valence-corrected chi connectivity index (χ2v) is 7.39. The first-order valence-corrected chi connectivity index (χ1v) is 8.74. The average Bonchev–Trinajstić information content (AvgIpc) is 2.55. The first-order valence-electron chi connectivity index (χ1n) is 7.52. The quantitative estimate of drug-likeness (QED) is 0.653. The molecule has 22 heavy (non-hydrogen) atoms. The first-order chi connectivity index (χ1) is 10.6. The monoisotopic (exact) mass is 315 g/mol. The largest absolute Gasteiger partial charge is 0.355 e. The van der Waals surface area contributed by atoms with E-state index in [0.717, 1.165) is 19.0 Å². The van der Waals surface area contributed by atoms with Crippen LogP contribution in [0.5, 0.6) is 0 Å². The number of guanidine groups is 1. The van der Waals surface area contributed by atoms with Crippen LogP contribution < -0.4 is 10.6 Å². The number of fused-ring (bicyclic) bond motifs is 1. The number of rotatable bonds is 5. The minimum Gasteiger partial charge on any atom is -0.355 e. The minimum atomic E-state index is 0.192. The van der Waals surface area contributed by atoms with Gasteiger partial charge in [-0.1, -0.05) is 42.5 Å². The third-order valence-corrected chi connectivity index (χ3v) is 5.03. The Labute approximate surface area is 137 Å². The van der Waals surface area contributed by atoms with Crippen molar-refractivity contribution in [1.29, 1.82) is 0 Å². The van der Waals surface area contributed by atoms with Gasteiger partial charge in [-0.05, 0) is 36.4 Å². The molecule has 0 saturated heterocycles. The van der Waals surface area contributed by atoms with Crippen molar-refractivity contribution in [2.45, 2.75) is 25.1 Å². The molecule has 2 aromatic rings. The topological polar surface area (TPSA) is 36.4 Å². The van der Waals surface area contributed by atoms with E-state index in [2.05, 4.69) is 78.2 Å². The molecule has 0 saturated carbocycles. The lowest BCUT2D eigenvalue weighted by molar-refractivity contribution is 0.664. The maximum absolute atomic E-state index is 4.31. The van der Waals surface area contributed by atoms with E-state index in [1.54, 1.807) is 0 Å². The molecule has 2 aromatic carbocycles. The van der Waals surface area contributed by atoms with Crippen molar-refractivity contribution in [1.82, 2.24) is 10.6 Å². The molecule has 0 aliphatic heterocycles. The van der Waals surface area contributed by atoms with Gasteiger partial charge in [0.1, 0.15) is 0 Å². The van der Waals surface area contributed by atoms with Crippen LogP contribution in [0.1, 0.15) is 19.4 Å². The van der Waals surface area contributed by atoms with Gasteiger partial charge in [0, 0.05) is 24.9 Å². The Morgan fingerprint density at radius 1 is 1.09 bits per heavy atom. The Morgan fingerprint density at radius 3 is 2.55 bits per heavy atom. The predicted octanol–water partition coefficient (Wildman–Crippen LogP) is 3.65. The predicted molar refractivity (Wildman–Crippen MR) is 99.7 cm³/mol. The van der Waals surface area contributed by atoms with E-state index in [-0.39, 0.29) is 4.75 Å². The number of aliphatic imine (C=N–C) groups is 1. The third kappa shape index (κ3) is 4.41. The fourth-order valence-electron chi connectivity index (χ4n) is 2.21. The minimum absolute atomic E-state index is 0.192. The summed E-state index contributed by atoms with van der Waals surface area (Å²) in [6.07, 6.45) is 2.13. The lowest BCUT2D eigenvalue weighted by Crippen LogP contribution is -2.43. The van der Waals surface area contributed by atoms with Crippen molar-refractivity contribution in [3.8, 4) is 0 Å². The Morgan fingerprint density at radius 2 is 1.82 bits per heavy atom. The number of nitrogens with zero attached hydrogens (tertiary/aromatic N) is 1. The molecule has 0 aliphatic rings. The van der Waals surface area contributed by atoms with Gasteiger partial charge >= 0.3 is 0 Å². The summed E-state index contributed by atoms with van der Waals surface area (Å²) in [7, 11) is 1.81. The summed E-state index contributed by atoms with van der Waals surface area (Å²) >= 11 is 1.85. The summed E-state index contributed by atoms with van der Waals surface area (Å²) in [5.74, 6) is 0.843. The molecule has 0 unspecified atom stereocenters. The van der Waals surface area contributed by atoms with Gasteiger partial charge in [0.2, 0.25) is 0 Å². The summed E-state index contributed by atoms with van der Waals surface area (Å²) < 4.78 is 0.192. The molecule has 0 heterocycles. The summed E-state index contributed by atoms with van der Waals surface area (Å²) in [6.45, 7) is 6.09. The second kappa shape index (κ2) is 7.54. The Bertz CT molecular complexity index is 644. The highest BCUT2D eigenvalue weighted by molar-refractivity contribution is 7.99. The van der Waals surface area contributed by atoms with Gasteiger partial charge in [-0.3, -0.25) is 4.99 Å². The maximum atomic E-state index is 4.31. The molecule has 0 radical (unpaired) electrons. The van der Waals surface area contributed by atoms with E-state index in [1.165, 1.54) is 16.3 Å². The number of nitrogens with one attached hydrogen (secondary N) is 2. The van der Waals surface area contributed by atoms with Crippen molar-refractivity contribution in [2.75, 3.05) is 19.8 Å². The molecule has 0 amide bonds. The molecule has 118 valence electrons. The third-order valence-electron chi connectivity index (χ3n) is 3.78. The highest BCUT2D eigenvalue weighted by Gasteiger charge is 2.16. The molecular weight excluding hydrogens is 290 g/mol. The second-order valence-electron chi connectivity index (χ2n) is 5.88. The summed E-state index contributed by atoms with van der Waals surface area (Å²) in [6, 6.07) is 14.9. The Kier molecular flexibility index (Phi) is 5.72. The molecular formula is C18H25N3S. The van der Waals surface area contributed by atoms with Crippen molar-refractivity contribution >= 4 is 28.5 Å². The molecule has 0 bridgehead atoms. The van der Waals surface area contributed by atoms with E-state index in [4.69, 9.17) is 0 Å². The fourth-order valence-corrected chi connectivity index (χ4v) is 2.43. The highest BCUT2D eigenvalue weighted by atomic mass is 32.2. The van der Waals surface area contributed by atoms with Gasteiger partial charge in [-0.2, -0.15) is 11.8 Å². The van der Waals surface area contributed by atoms with E-state index >= 15 is 0 Å². The van der Waals surface area contributed by atoms with Gasteiger partial charge in [0.15, 0.2) is 5.96 Å². The van der Waals surface area contributed by atoms with Gasteiger partial charge in [0.25, 0.3) is 0 Å². The van der Waals surface area contributed by atoms with Crippen LogP contribution >= 0.6 is 11.8 Å². The van der Waals surface area contributed by atoms with Crippen LogP contribution in [0, 0.1) is 0 Å². The zero-order valence-electron chi connectivity index (χ0n) is 13.8. The molecule has 0 fully saturated rings. The maximum Gasteiger partial charge on any atom is 0.191 e. The summed E-state index contributed by atoms with van der Waals surface area (Å²) in [5, 5.41) is 9.36. The SMILES string of the molecule is CN=C(NCc1cccc2ccccc12)NCC(C)(C)SC. The van der Waals surface area contributed by atoms with Crippen LogP contribution in [-0.2, 0) is 6.54 Å². The molecule has 3 nitrogen and oxygen atoms in total. The van der Waals surface area contributed by atoms with E-state index < -0.39 is 0 Å². The van der Waals surface area contributed by atoms with E-state index in [9.17, 15) is 0 Å². The van der Waals surface area contributed by atoms with Crippen LogP contribution in [0.25, 0.3) is 10.8 Å². The normalized spacial score (nSPS) is 12.5. The number of hydrogen-bond donors (Lipinski definition) is 2. The van der Waals surface area contributed by atoms with Crippen molar-refractivity contribution < 1.29 is 0 Å². The molecule has 2 N–H and O–H groups in total. The van der Waals surface area contributed by atoms with Crippen molar-refractivity contribution in [2.24, 2.45) is 4.99 Å². The molecule has 4 heteroatoms. The van der Waals surface area contributed by atoms with Crippen LogP contribution in [0.3, 0.4) is 0 Å². The molecule has 0 atom stereocenters. The Hall–Kier alpha value is -1.68. The van der Waals surface area contributed by atoms with Crippen LogP contribution in [0.2, 0.25) is 0 Å². The van der Waals surface area contributed by atoms with Crippen LogP contribution in [-0.4, -0.2) is 30.6 Å². The first kappa shape index (κ1) is 16.7. The number of thioether (sulfide) groups is 1. The zero-order valence-corrected chi connectivity index (χ0v) is 14.6. The zero-order chi connectivity index (χ0) is 16.0. The molecule has 0 aliphatic carbocycles. The number of benzene rings is 2. The van der Waals surface area contributed by atoms with Crippen molar-refractivity contribution in [3.05, 3.63) is 48.0 Å². The Balaban J connectivity index is 2.01. The number of hydrogen-bond acceptors (Lipinski definition) is 2.